The molecule has 0 spiro atoms. The number of nitrogens with zero attached hydrogens (tertiary/aromatic N) is 4. The van der Waals surface area contributed by atoms with Gasteiger partial charge in [0.2, 0.25) is 0 Å². The van der Waals surface area contributed by atoms with Gasteiger partial charge < -0.3 is 10.1 Å². The van der Waals surface area contributed by atoms with E-state index < -0.39 is 0 Å². The average molecular weight is 288 g/mol. The van der Waals surface area contributed by atoms with Crippen molar-refractivity contribution in [3.63, 3.8) is 0 Å². The highest BCUT2D eigenvalue weighted by Gasteiger charge is 2.27. The molecule has 6 nitrogen and oxygen atoms in total. The summed E-state index contributed by atoms with van der Waals surface area (Å²) < 4.78 is 7.72. The molecule has 7 heteroatoms. The van der Waals surface area contributed by atoms with Crippen molar-refractivity contribution in [2.75, 3.05) is 26.3 Å². The van der Waals surface area contributed by atoms with Gasteiger partial charge in [0, 0.05) is 13.0 Å². The van der Waals surface area contributed by atoms with Crippen molar-refractivity contribution in [2.45, 2.75) is 38.1 Å². The number of ether oxygens (including phenoxy) is 1. The van der Waals surface area contributed by atoms with Crippen LogP contribution in [0.4, 0.5) is 0 Å². The van der Waals surface area contributed by atoms with Crippen molar-refractivity contribution >= 4 is 12.4 Å². The van der Waals surface area contributed by atoms with Crippen molar-refractivity contribution in [3.05, 3.63) is 5.82 Å². The minimum atomic E-state index is 0. The molecule has 1 aliphatic heterocycles. The van der Waals surface area contributed by atoms with Crippen LogP contribution in [0.2, 0.25) is 0 Å². The highest BCUT2D eigenvalue weighted by atomic mass is 35.5. The highest BCUT2D eigenvalue weighted by Crippen LogP contribution is 2.34. The van der Waals surface area contributed by atoms with Gasteiger partial charge in [-0.25, -0.2) is 4.68 Å². The van der Waals surface area contributed by atoms with E-state index >= 15 is 0 Å². The van der Waals surface area contributed by atoms with Gasteiger partial charge >= 0.3 is 0 Å². The molecule has 0 radical (unpaired) electrons. The van der Waals surface area contributed by atoms with Crippen LogP contribution in [0.15, 0.2) is 0 Å². The maximum absolute atomic E-state index is 5.75. The Morgan fingerprint density at radius 3 is 2.95 bits per heavy atom. The second-order valence-corrected chi connectivity index (χ2v) is 5.31. The minimum Gasteiger partial charge on any atom is -0.381 e. The number of tetrazole rings is 1. The number of rotatable bonds is 6. The van der Waals surface area contributed by atoms with Crippen molar-refractivity contribution < 1.29 is 4.74 Å². The fraction of sp³-hybridized carbons (Fsp3) is 0.917. The van der Waals surface area contributed by atoms with E-state index in [-0.39, 0.29) is 12.4 Å². The van der Waals surface area contributed by atoms with Crippen LogP contribution < -0.4 is 5.32 Å². The van der Waals surface area contributed by atoms with Crippen molar-refractivity contribution in [2.24, 2.45) is 5.92 Å². The molecular weight excluding hydrogens is 266 g/mol. The summed E-state index contributed by atoms with van der Waals surface area (Å²) in [6.45, 7) is 3.84. The van der Waals surface area contributed by atoms with Crippen LogP contribution in [0.5, 0.6) is 0 Å². The molecule has 1 saturated carbocycles. The Balaban J connectivity index is 0.00000133. The molecule has 108 valence electrons. The van der Waals surface area contributed by atoms with E-state index in [1.165, 1.54) is 25.7 Å². The molecule has 1 aromatic heterocycles. The predicted molar refractivity (Wildman–Crippen MR) is 73.5 cm³/mol. The van der Waals surface area contributed by atoms with Gasteiger partial charge in [0.05, 0.1) is 19.3 Å². The standard InChI is InChI=1S/C12H21N5O.ClH/c1-2-10(8-13-6-1)9-18-7-5-12-14-15-16-17(12)11-3-4-11;/h10-11,13H,1-9H2;1H/t10-;/m0./s1. The molecule has 0 unspecified atom stereocenters. The number of hydrogen-bond donors (Lipinski definition) is 1. The predicted octanol–water partition coefficient (Wildman–Crippen LogP) is 0.988. The third-order valence-corrected chi connectivity index (χ3v) is 3.68. The van der Waals surface area contributed by atoms with E-state index in [9.17, 15) is 0 Å². The molecule has 0 aromatic carbocycles. The van der Waals surface area contributed by atoms with E-state index in [2.05, 4.69) is 20.8 Å². The molecule has 0 bridgehead atoms. The van der Waals surface area contributed by atoms with Crippen LogP contribution in [0, 0.1) is 5.92 Å². The summed E-state index contributed by atoms with van der Waals surface area (Å²) >= 11 is 0. The second-order valence-electron chi connectivity index (χ2n) is 5.31. The van der Waals surface area contributed by atoms with E-state index in [0.717, 1.165) is 38.5 Å². The summed E-state index contributed by atoms with van der Waals surface area (Å²) in [5.74, 6) is 1.65. The Labute approximate surface area is 119 Å². The topological polar surface area (TPSA) is 64.9 Å². The van der Waals surface area contributed by atoms with Gasteiger partial charge in [0.25, 0.3) is 0 Å². The van der Waals surface area contributed by atoms with Gasteiger partial charge in [-0.1, -0.05) is 0 Å². The molecule has 0 amide bonds. The third-order valence-electron chi connectivity index (χ3n) is 3.68. The van der Waals surface area contributed by atoms with Crippen LogP contribution in [0.3, 0.4) is 0 Å². The van der Waals surface area contributed by atoms with Crippen LogP contribution in [0.1, 0.15) is 37.5 Å². The number of nitrogens with one attached hydrogen (secondary N) is 1. The van der Waals surface area contributed by atoms with Gasteiger partial charge in [-0.05, 0) is 48.6 Å². The molecule has 1 atom stereocenters. The number of halogens is 1. The first kappa shape index (κ1) is 14.7. The van der Waals surface area contributed by atoms with Crippen molar-refractivity contribution in [3.8, 4) is 0 Å². The Hall–Kier alpha value is -0.720. The molecular formula is C12H22ClN5O. The Bertz CT molecular complexity index is 376. The summed E-state index contributed by atoms with van der Waals surface area (Å²) in [4.78, 5) is 0. The van der Waals surface area contributed by atoms with Gasteiger partial charge in [0.15, 0.2) is 5.82 Å². The van der Waals surface area contributed by atoms with Gasteiger partial charge in [-0.15, -0.1) is 17.5 Å². The fourth-order valence-electron chi connectivity index (χ4n) is 2.46. The zero-order chi connectivity index (χ0) is 12.2. The first-order valence-electron chi connectivity index (χ1n) is 6.98. The molecule has 19 heavy (non-hydrogen) atoms. The first-order chi connectivity index (χ1) is 8.93. The minimum absolute atomic E-state index is 0. The molecule has 2 heterocycles. The first-order valence-corrected chi connectivity index (χ1v) is 6.98. The van der Waals surface area contributed by atoms with E-state index in [0.29, 0.717) is 12.0 Å². The highest BCUT2D eigenvalue weighted by molar-refractivity contribution is 5.85. The molecule has 1 aliphatic carbocycles. The molecule has 1 aromatic rings. The normalized spacial score (nSPS) is 23.1. The monoisotopic (exact) mass is 287 g/mol. The van der Waals surface area contributed by atoms with E-state index in [4.69, 9.17) is 4.74 Å². The van der Waals surface area contributed by atoms with Gasteiger partial charge in [-0.3, -0.25) is 0 Å². The van der Waals surface area contributed by atoms with Crippen molar-refractivity contribution in [1.29, 1.82) is 0 Å². The third kappa shape index (κ3) is 4.12. The summed E-state index contributed by atoms with van der Waals surface area (Å²) in [6, 6.07) is 0.553. The molecule has 1 saturated heterocycles. The molecule has 1 N–H and O–H groups in total. The van der Waals surface area contributed by atoms with E-state index in [1.54, 1.807) is 0 Å². The summed E-state index contributed by atoms with van der Waals surface area (Å²) in [5, 5.41) is 15.3. The zero-order valence-corrected chi connectivity index (χ0v) is 11.9. The Morgan fingerprint density at radius 1 is 1.32 bits per heavy atom. The zero-order valence-electron chi connectivity index (χ0n) is 11.1. The Kier molecular flexibility index (Phi) is 5.54. The lowest BCUT2D eigenvalue weighted by molar-refractivity contribution is 0.0907. The molecule has 2 aliphatic rings. The Morgan fingerprint density at radius 2 is 2.21 bits per heavy atom. The largest absolute Gasteiger partial charge is 0.381 e. The SMILES string of the molecule is C1CNC[C@@H](COCCc2nnnn2C2CC2)C1.Cl. The maximum atomic E-state index is 5.75. The van der Waals surface area contributed by atoms with Gasteiger partial charge in [-0.2, -0.15) is 0 Å². The van der Waals surface area contributed by atoms with Crippen LogP contribution in [-0.4, -0.2) is 46.5 Å². The number of piperidine rings is 1. The lowest BCUT2D eigenvalue weighted by Gasteiger charge is -2.22. The average Bonchev–Trinajstić information content (AvgIpc) is 3.16. The van der Waals surface area contributed by atoms with Crippen molar-refractivity contribution in [1.82, 2.24) is 25.5 Å². The quantitative estimate of drug-likeness (QED) is 0.791. The molecule has 2 fully saturated rings. The number of aromatic nitrogens is 4. The summed E-state index contributed by atoms with van der Waals surface area (Å²) in [6.07, 6.45) is 5.81. The maximum Gasteiger partial charge on any atom is 0.153 e. The van der Waals surface area contributed by atoms with Crippen LogP contribution in [-0.2, 0) is 11.2 Å². The van der Waals surface area contributed by atoms with Crippen LogP contribution in [0.25, 0.3) is 0 Å². The molecule has 3 rings (SSSR count). The van der Waals surface area contributed by atoms with Crippen LogP contribution >= 0.6 is 12.4 Å². The lowest BCUT2D eigenvalue weighted by atomic mass is 10.0. The second kappa shape index (κ2) is 7.17. The van der Waals surface area contributed by atoms with E-state index in [1.807, 2.05) is 4.68 Å². The number of hydrogen-bond acceptors (Lipinski definition) is 5. The lowest BCUT2D eigenvalue weighted by Crippen LogP contribution is -2.32. The van der Waals surface area contributed by atoms with Gasteiger partial charge in [0.1, 0.15) is 0 Å². The summed E-state index contributed by atoms with van der Waals surface area (Å²) in [5.41, 5.74) is 0. The smallest absolute Gasteiger partial charge is 0.153 e. The fourth-order valence-corrected chi connectivity index (χ4v) is 2.46. The summed E-state index contributed by atoms with van der Waals surface area (Å²) in [7, 11) is 0.